The smallest absolute Gasteiger partial charge is 0.387 e. The molecule has 11 heteroatoms. The Hall–Kier alpha value is -3.57. The minimum absolute atomic E-state index is 0.137. The quantitative estimate of drug-likeness (QED) is 0.346. The molecule has 2 heterocycles. The second kappa shape index (κ2) is 9.35. The first-order valence-electron chi connectivity index (χ1n) is 10.2. The number of halogens is 3. The molecule has 0 fully saturated rings. The molecule has 4 rings (SSSR count). The summed E-state index contributed by atoms with van der Waals surface area (Å²) in [5, 5.41) is 6.57. The van der Waals surface area contributed by atoms with Gasteiger partial charge in [-0.25, -0.2) is 17.4 Å². The summed E-state index contributed by atoms with van der Waals surface area (Å²) in [4.78, 5) is 3.56. The molecule has 2 aromatic carbocycles. The Bertz CT molecular complexity index is 1460. The third kappa shape index (κ3) is 4.70. The van der Waals surface area contributed by atoms with Gasteiger partial charge in [0.15, 0.2) is 0 Å². The van der Waals surface area contributed by atoms with Gasteiger partial charge in [0.2, 0.25) is 5.95 Å². The van der Waals surface area contributed by atoms with Crippen molar-refractivity contribution in [3.05, 3.63) is 78.0 Å². The Morgan fingerprint density at radius 1 is 1.12 bits per heavy atom. The molecule has 7 nitrogen and oxygen atoms in total. The summed E-state index contributed by atoms with van der Waals surface area (Å²) in [6.07, 6.45) is 1.47. The number of aromatic nitrogens is 2. The molecule has 34 heavy (non-hydrogen) atoms. The summed E-state index contributed by atoms with van der Waals surface area (Å²) >= 11 is 0. The van der Waals surface area contributed by atoms with Gasteiger partial charge in [-0.15, -0.1) is 0 Å². The summed E-state index contributed by atoms with van der Waals surface area (Å²) in [5.41, 5.74) is 2.13. The van der Waals surface area contributed by atoms with Crippen LogP contribution in [0.4, 0.5) is 24.5 Å². The number of nitrogens with one attached hydrogen (secondary N) is 2. The highest BCUT2D eigenvalue weighted by atomic mass is 32.2. The maximum atomic E-state index is 14.2. The van der Waals surface area contributed by atoms with Crippen molar-refractivity contribution in [1.29, 1.82) is 0 Å². The minimum atomic E-state index is -4.17. The van der Waals surface area contributed by atoms with Gasteiger partial charge in [-0.1, -0.05) is 12.1 Å². The van der Waals surface area contributed by atoms with E-state index in [1.54, 1.807) is 44.3 Å². The van der Waals surface area contributed by atoms with E-state index in [2.05, 4.69) is 20.4 Å². The normalized spacial score (nSPS) is 11.8. The summed E-state index contributed by atoms with van der Waals surface area (Å²) in [6.45, 7) is -1.03. The molecule has 0 saturated heterocycles. The van der Waals surface area contributed by atoms with Crippen molar-refractivity contribution < 1.29 is 26.3 Å². The van der Waals surface area contributed by atoms with Crippen molar-refractivity contribution in [1.82, 2.24) is 14.3 Å². The molecular weight excluding hydrogens is 469 g/mol. The largest absolute Gasteiger partial charge is 0.435 e. The van der Waals surface area contributed by atoms with Crippen molar-refractivity contribution >= 4 is 32.3 Å². The van der Waals surface area contributed by atoms with Gasteiger partial charge in [0.05, 0.1) is 16.1 Å². The lowest BCUT2D eigenvalue weighted by molar-refractivity contribution is -0.0499. The van der Waals surface area contributed by atoms with Crippen LogP contribution in [0.2, 0.25) is 0 Å². The lowest BCUT2D eigenvalue weighted by atomic mass is 10.1. The number of hydrogen-bond donors (Lipinski definition) is 2. The molecule has 0 aliphatic carbocycles. The Kier molecular flexibility index (Phi) is 6.49. The van der Waals surface area contributed by atoms with Crippen molar-refractivity contribution in [2.75, 3.05) is 12.4 Å². The van der Waals surface area contributed by atoms with E-state index in [1.807, 2.05) is 0 Å². The number of nitrogens with zero attached hydrogens (tertiary/aromatic N) is 2. The predicted molar refractivity (Wildman–Crippen MR) is 123 cm³/mol. The first-order valence-corrected chi connectivity index (χ1v) is 11.6. The van der Waals surface area contributed by atoms with Crippen LogP contribution in [0, 0.1) is 12.9 Å². The van der Waals surface area contributed by atoms with Gasteiger partial charge in [-0.05, 0) is 55.9 Å². The standard InChI is InChI=1S/C23H21F3N4O3S/c1-14-6-9-20(22(24)28-14)29-16-7-8-19-15(12-27-2)13-30(21(19)10-16)34(31,32)18-5-3-4-17(11-18)33-23(25)26/h3-11,13,23,27,29H,12H2,1-2H3. The molecule has 0 spiro atoms. The lowest BCUT2D eigenvalue weighted by Gasteiger charge is -2.11. The van der Waals surface area contributed by atoms with Gasteiger partial charge < -0.3 is 15.4 Å². The van der Waals surface area contributed by atoms with Crippen LogP contribution in [0.1, 0.15) is 11.3 Å². The average molecular weight is 491 g/mol. The van der Waals surface area contributed by atoms with Crippen LogP contribution in [0.15, 0.2) is 65.7 Å². The van der Waals surface area contributed by atoms with E-state index >= 15 is 0 Å². The van der Waals surface area contributed by atoms with Crippen molar-refractivity contribution in [3.63, 3.8) is 0 Å². The molecular formula is C23H21F3N4O3S. The first kappa shape index (κ1) is 23.6. The topological polar surface area (TPSA) is 85.2 Å². The highest BCUT2D eigenvalue weighted by Gasteiger charge is 2.22. The van der Waals surface area contributed by atoms with Crippen LogP contribution in [0.25, 0.3) is 10.9 Å². The van der Waals surface area contributed by atoms with Crippen molar-refractivity contribution in [3.8, 4) is 5.75 Å². The van der Waals surface area contributed by atoms with Gasteiger partial charge in [0, 0.05) is 35.6 Å². The summed E-state index contributed by atoms with van der Waals surface area (Å²) in [5.74, 6) is -0.956. The fraction of sp³-hybridized carbons (Fsp3) is 0.174. The molecule has 2 aromatic heterocycles. The van der Waals surface area contributed by atoms with Crippen LogP contribution in [-0.4, -0.2) is 31.0 Å². The number of rotatable bonds is 8. The monoisotopic (exact) mass is 490 g/mol. The fourth-order valence-electron chi connectivity index (χ4n) is 3.57. The van der Waals surface area contributed by atoms with E-state index in [-0.39, 0.29) is 16.3 Å². The predicted octanol–water partition coefficient (Wildman–Crippen LogP) is 4.79. The SMILES string of the molecule is CNCc1cn(S(=O)(=O)c2cccc(OC(F)F)c2)c2cc(Nc3ccc(C)nc3F)ccc12. The van der Waals surface area contributed by atoms with Crippen LogP contribution < -0.4 is 15.4 Å². The summed E-state index contributed by atoms with van der Waals surface area (Å²) < 4.78 is 71.8. The Balaban J connectivity index is 1.82. The van der Waals surface area contributed by atoms with Crippen LogP contribution >= 0.6 is 0 Å². The van der Waals surface area contributed by atoms with Crippen LogP contribution in [0.3, 0.4) is 0 Å². The molecule has 0 aliphatic rings. The van der Waals surface area contributed by atoms with Gasteiger partial charge in [0.1, 0.15) is 5.75 Å². The Labute approximate surface area is 194 Å². The number of fused-ring (bicyclic) bond motifs is 1. The number of pyridine rings is 1. The number of aryl methyl sites for hydroxylation is 1. The molecule has 0 atom stereocenters. The van der Waals surface area contributed by atoms with E-state index in [0.717, 1.165) is 10.0 Å². The molecule has 0 bridgehead atoms. The average Bonchev–Trinajstić information content (AvgIpc) is 3.14. The van der Waals surface area contributed by atoms with Gasteiger partial charge in [-0.2, -0.15) is 13.2 Å². The van der Waals surface area contributed by atoms with Gasteiger partial charge in [-0.3, -0.25) is 0 Å². The van der Waals surface area contributed by atoms with E-state index in [1.165, 1.54) is 24.4 Å². The number of hydrogen-bond acceptors (Lipinski definition) is 6. The number of ether oxygens (including phenoxy) is 1. The lowest BCUT2D eigenvalue weighted by Crippen LogP contribution is -2.13. The molecule has 0 saturated carbocycles. The summed E-state index contributed by atoms with van der Waals surface area (Å²) in [7, 11) is -2.45. The molecule has 0 amide bonds. The van der Waals surface area contributed by atoms with E-state index in [9.17, 15) is 21.6 Å². The zero-order chi connectivity index (χ0) is 24.5. The maximum Gasteiger partial charge on any atom is 0.387 e. The van der Waals surface area contributed by atoms with Gasteiger partial charge in [0.25, 0.3) is 10.0 Å². The Morgan fingerprint density at radius 2 is 1.91 bits per heavy atom. The number of anilines is 2. The van der Waals surface area contributed by atoms with Gasteiger partial charge >= 0.3 is 6.61 Å². The van der Waals surface area contributed by atoms with Crippen molar-refractivity contribution in [2.24, 2.45) is 0 Å². The van der Waals surface area contributed by atoms with Crippen LogP contribution in [0.5, 0.6) is 5.75 Å². The first-order chi connectivity index (χ1) is 16.2. The molecule has 0 aliphatic heterocycles. The molecule has 0 radical (unpaired) electrons. The molecule has 2 N–H and O–H groups in total. The van der Waals surface area contributed by atoms with Crippen molar-refractivity contribution in [2.45, 2.75) is 25.0 Å². The third-order valence-electron chi connectivity index (χ3n) is 5.08. The molecule has 0 unspecified atom stereocenters. The zero-order valence-electron chi connectivity index (χ0n) is 18.2. The second-order valence-electron chi connectivity index (χ2n) is 7.49. The van der Waals surface area contributed by atoms with E-state index in [0.29, 0.717) is 34.4 Å². The minimum Gasteiger partial charge on any atom is -0.435 e. The molecule has 178 valence electrons. The van der Waals surface area contributed by atoms with E-state index < -0.39 is 22.6 Å². The van der Waals surface area contributed by atoms with E-state index in [4.69, 9.17) is 0 Å². The maximum absolute atomic E-state index is 14.2. The zero-order valence-corrected chi connectivity index (χ0v) is 19.0. The molecule has 4 aromatic rings. The Morgan fingerprint density at radius 3 is 2.62 bits per heavy atom. The highest BCUT2D eigenvalue weighted by Crippen LogP contribution is 2.31. The third-order valence-corrected chi connectivity index (χ3v) is 6.75. The number of alkyl halides is 2. The number of benzene rings is 2. The summed E-state index contributed by atoms with van der Waals surface area (Å²) in [6, 6.07) is 13.1. The van der Waals surface area contributed by atoms with Crippen LogP contribution in [-0.2, 0) is 16.6 Å². The highest BCUT2D eigenvalue weighted by molar-refractivity contribution is 7.90. The second-order valence-corrected chi connectivity index (χ2v) is 9.30. The fourth-order valence-corrected chi connectivity index (χ4v) is 4.99.